The fraction of sp³-hybridized carbons (Fsp3) is 0.515. The first kappa shape index (κ1) is 27.7. The minimum atomic E-state index is -1.47. The van der Waals surface area contributed by atoms with Gasteiger partial charge in [-0.2, -0.15) is 0 Å². The molecule has 0 aliphatic heterocycles. The average molecular weight is 513 g/mol. The van der Waals surface area contributed by atoms with E-state index in [9.17, 15) is 13.2 Å². The average Bonchev–Trinajstić information content (AvgIpc) is 2.90. The van der Waals surface area contributed by atoms with Crippen molar-refractivity contribution in [3.8, 4) is 0 Å². The Bertz CT molecular complexity index is 1140. The summed E-state index contributed by atoms with van der Waals surface area (Å²) in [5.74, 6) is -2.47. The van der Waals surface area contributed by atoms with Crippen LogP contribution in [0, 0.1) is 35.1 Å². The highest BCUT2D eigenvalue weighted by atomic mass is 19.2. The fourth-order valence-electron chi connectivity index (χ4n) is 5.98. The molecule has 0 unspecified atom stereocenters. The summed E-state index contributed by atoms with van der Waals surface area (Å²) in [6, 6.07) is 11.6. The highest BCUT2D eigenvalue weighted by Crippen LogP contribution is 2.35. The van der Waals surface area contributed by atoms with E-state index in [2.05, 4.69) is 13.0 Å². The van der Waals surface area contributed by atoms with Gasteiger partial charge in [-0.3, -0.25) is 0 Å². The third-order valence-corrected chi connectivity index (χ3v) is 8.35. The summed E-state index contributed by atoms with van der Waals surface area (Å²) in [6.07, 6.45) is 16.4. The maximum atomic E-state index is 15.2. The molecule has 0 saturated heterocycles. The molecular weight excluding hydrogens is 472 g/mol. The summed E-state index contributed by atoms with van der Waals surface area (Å²) in [5, 5.41) is 1.45. The summed E-state index contributed by atoms with van der Waals surface area (Å²) >= 11 is 0. The molecule has 0 amide bonds. The van der Waals surface area contributed by atoms with Gasteiger partial charge in [0.25, 0.3) is 0 Å². The topological polar surface area (TPSA) is 0 Å². The van der Waals surface area contributed by atoms with Crippen LogP contribution in [-0.2, 0) is 19.3 Å². The zero-order chi connectivity index (χ0) is 26.2. The number of fused-ring (bicyclic) bond motifs is 1. The molecule has 37 heavy (non-hydrogen) atoms. The van der Waals surface area contributed by atoms with Crippen LogP contribution in [0.4, 0.5) is 17.6 Å². The van der Waals surface area contributed by atoms with Crippen molar-refractivity contribution < 1.29 is 17.6 Å². The molecule has 0 aromatic heterocycles. The van der Waals surface area contributed by atoms with Gasteiger partial charge >= 0.3 is 0 Å². The molecule has 1 aliphatic carbocycles. The van der Waals surface area contributed by atoms with Crippen LogP contribution in [0.15, 0.2) is 42.5 Å². The van der Waals surface area contributed by atoms with Gasteiger partial charge < -0.3 is 0 Å². The third kappa shape index (κ3) is 7.58. The summed E-state index contributed by atoms with van der Waals surface area (Å²) in [6.45, 7) is 2.27. The van der Waals surface area contributed by atoms with E-state index in [0.717, 1.165) is 35.8 Å². The summed E-state index contributed by atoms with van der Waals surface area (Å²) < 4.78 is 55.3. The van der Waals surface area contributed by atoms with Crippen molar-refractivity contribution in [2.45, 2.75) is 96.8 Å². The van der Waals surface area contributed by atoms with Crippen LogP contribution in [-0.4, -0.2) is 0 Å². The number of halogens is 4. The fourth-order valence-corrected chi connectivity index (χ4v) is 5.98. The smallest absolute Gasteiger partial charge is 0.194 e. The molecular formula is C33H40F4. The Balaban J connectivity index is 1.27. The highest BCUT2D eigenvalue weighted by Gasteiger charge is 2.21. The van der Waals surface area contributed by atoms with Crippen molar-refractivity contribution in [2.24, 2.45) is 11.8 Å². The molecule has 0 atom stereocenters. The van der Waals surface area contributed by atoms with Crippen molar-refractivity contribution >= 4 is 10.8 Å². The zero-order valence-corrected chi connectivity index (χ0v) is 22.1. The van der Waals surface area contributed by atoms with Gasteiger partial charge in [-0.25, -0.2) is 17.6 Å². The van der Waals surface area contributed by atoms with Gasteiger partial charge in [0.05, 0.1) is 0 Å². The monoisotopic (exact) mass is 512 g/mol. The van der Waals surface area contributed by atoms with E-state index < -0.39 is 17.5 Å². The van der Waals surface area contributed by atoms with Crippen LogP contribution in [0.1, 0.15) is 94.2 Å². The van der Waals surface area contributed by atoms with Gasteiger partial charge in [-0.15, -0.1) is 0 Å². The van der Waals surface area contributed by atoms with Crippen molar-refractivity contribution in [1.29, 1.82) is 0 Å². The Morgan fingerprint density at radius 3 is 2.00 bits per heavy atom. The molecule has 0 radical (unpaired) electrons. The molecule has 4 heteroatoms. The summed E-state index contributed by atoms with van der Waals surface area (Å²) in [5.41, 5.74) is 2.05. The molecule has 200 valence electrons. The minimum Gasteiger partial charge on any atom is -0.206 e. The number of benzene rings is 3. The van der Waals surface area contributed by atoms with Gasteiger partial charge in [0.1, 0.15) is 5.82 Å². The normalized spacial score (nSPS) is 18.0. The number of rotatable bonds is 12. The van der Waals surface area contributed by atoms with E-state index in [4.69, 9.17) is 0 Å². The van der Waals surface area contributed by atoms with Crippen molar-refractivity contribution in [3.05, 3.63) is 82.4 Å². The quantitative estimate of drug-likeness (QED) is 0.129. The van der Waals surface area contributed by atoms with Crippen LogP contribution in [0.2, 0.25) is 0 Å². The van der Waals surface area contributed by atoms with Crippen molar-refractivity contribution in [2.75, 3.05) is 0 Å². The molecule has 0 nitrogen and oxygen atoms in total. The second-order valence-electron chi connectivity index (χ2n) is 11.1. The predicted molar refractivity (Wildman–Crippen MR) is 145 cm³/mol. The van der Waals surface area contributed by atoms with Gasteiger partial charge in [-0.05, 0) is 71.7 Å². The first-order chi connectivity index (χ1) is 17.9. The zero-order valence-electron chi connectivity index (χ0n) is 22.1. The molecule has 0 N–H and O–H groups in total. The standard InChI is InChI=1S/C33H40F4/c1-2-3-4-5-6-7-23-8-10-24(11-9-23)12-13-25-15-19-29-28(20-25)18-17-27(32(29)36)16-14-26-21-30(34)33(37)31(35)22-26/h15,17-24H,2-14,16H2,1H3. The molecule has 0 heterocycles. The molecule has 1 aliphatic rings. The molecule has 1 fully saturated rings. The molecule has 0 bridgehead atoms. The van der Waals surface area contributed by atoms with Crippen molar-refractivity contribution in [3.63, 3.8) is 0 Å². The van der Waals surface area contributed by atoms with Gasteiger partial charge in [0.2, 0.25) is 0 Å². The van der Waals surface area contributed by atoms with Crippen LogP contribution in [0.25, 0.3) is 10.8 Å². The second kappa shape index (κ2) is 13.4. The Morgan fingerprint density at radius 1 is 0.622 bits per heavy atom. The lowest BCUT2D eigenvalue weighted by Gasteiger charge is -2.28. The number of hydrogen-bond donors (Lipinski definition) is 0. The van der Waals surface area contributed by atoms with E-state index >= 15 is 4.39 Å². The molecule has 3 aromatic rings. The van der Waals surface area contributed by atoms with E-state index in [1.54, 1.807) is 6.07 Å². The van der Waals surface area contributed by atoms with E-state index in [0.29, 0.717) is 16.5 Å². The summed E-state index contributed by atoms with van der Waals surface area (Å²) in [4.78, 5) is 0. The molecule has 0 spiro atoms. The minimum absolute atomic E-state index is 0.232. The van der Waals surface area contributed by atoms with Crippen LogP contribution in [0.5, 0.6) is 0 Å². The number of hydrogen-bond acceptors (Lipinski definition) is 0. The van der Waals surface area contributed by atoms with E-state index in [1.165, 1.54) is 76.2 Å². The lowest BCUT2D eigenvalue weighted by molar-refractivity contribution is 0.249. The molecule has 1 saturated carbocycles. The third-order valence-electron chi connectivity index (χ3n) is 8.35. The van der Waals surface area contributed by atoms with Gasteiger partial charge in [-0.1, -0.05) is 101 Å². The largest absolute Gasteiger partial charge is 0.206 e. The summed E-state index contributed by atoms with van der Waals surface area (Å²) in [7, 11) is 0. The number of unbranched alkanes of at least 4 members (excludes halogenated alkanes) is 4. The Morgan fingerprint density at radius 2 is 1.30 bits per heavy atom. The SMILES string of the molecule is CCCCCCCC1CCC(CCc2ccc3c(F)c(CCc4cc(F)c(F)c(F)c4)ccc3c2)CC1. The Hall–Kier alpha value is -2.36. The lowest BCUT2D eigenvalue weighted by Crippen LogP contribution is -2.15. The predicted octanol–water partition coefficient (Wildman–Crippen LogP) is 10.3. The maximum absolute atomic E-state index is 15.2. The van der Waals surface area contributed by atoms with E-state index in [1.807, 2.05) is 18.2 Å². The number of aryl methyl sites for hydroxylation is 3. The van der Waals surface area contributed by atoms with Crippen LogP contribution >= 0.6 is 0 Å². The molecule has 4 rings (SSSR count). The van der Waals surface area contributed by atoms with Crippen LogP contribution in [0.3, 0.4) is 0 Å². The van der Waals surface area contributed by atoms with Gasteiger partial charge in [0.15, 0.2) is 17.5 Å². The van der Waals surface area contributed by atoms with Crippen molar-refractivity contribution in [1.82, 2.24) is 0 Å². The Kier molecular flexibility index (Phi) is 10.1. The maximum Gasteiger partial charge on any atom is 0.194 e. The second-order valence-corrected chi connectivity index (χ2v) is 11.1. The Labute approximate surface area is 219 Å². The highest BCUT2D eigenvalue weighted by molar-refractivity contribution is 5.84. The first-order valence-corrected chi connectivity index (χ1v) is 14.3. The van der Waals surface area contributed by atoms with Gasteiger partial charge in [0, 0.05) is 5.39 Å². The molecule has 3 aromatic carbocycles. The van der Waals surface area contributed by atoms with E-state index in [-0.39, 0.29) is 18.7 Å². The van der Waals surface area contributed by atoms with Crippen LogP contribution < -0.4 is 0 Å². The lowest BCUT2D eigenvalue weighted by atomic mass is 9.77. The first-order valence-electron chi connectivity index (χ1n) is 14.3.